The Morgan fingerprint density at radius 3 is 2.76 bits per heavy atom. The number of unbranched alkanes of at least 4 members (excludes halogenated alkanes) is 1. The maximum absolute atomic E-state index is 12.2. The zero-order valence-electron chi connectivity index (χ0n) is 11.1. The van der Waals surface area contributed by atoms with Gasteiger partial charge in [0.2, 0.25) is 10.0 Å². The van der Waals surface area contributed by atoms with Crippen molar-refractivity contribution >= 4 is 10.0 Å². The summed E-state index contributed by atoms with van der Waals surface area (Å²) in [7, 11) is -1.10. The Balaban J connectivity index is 2.62. The Morgan fingerprint density at radius 2 is 2.12 bits per heavy atom. The van der Waals surface area contributed by atoms with Gasteiger partial charge in [0.05, 0.1) is 5.75 Å². The molecule has 0 aromatic heterocycles. The first-order valence-corrected chi connectivity index (χ1v) is 8.37. The largest absolute Gasteiger partial charge is 0.320 e. The van der Waals surface area contributed by atoms with E-state index in [1.807, 2.05) is 14.0 Å². The fourth-order valence-electron chi connectivity index (χ4n) is 2.38. The number of sulfonamides is 1. The van der Waals surface area contributed by atoms with E-state index in [-0.39, 0.29) is 6.04 Å². The van der Waals surface area contributed by atoms with Crippen LogP contribution in [0.15, 0.2) is 0 Å². The van der Waals surface area contributed by atoms with Gasteiger partial charge in [-0.3, -0.25) is 0 Å². The van der Waals surface area contributed by atoms with Gasteiger partial charge in [0.25, 0.3) is 0 Å². The van der Waals surface area contributed by atoms with Crippen LogP contribution in [-0.4, -0.2) is 44.7 Å². The zero-order valence-corrected chi connectivity index (χ0v) is 11.9. The Kier molecular flexibility index (Phi) is 6.44. The van der Waals surface area contributed by atoms with Crippen molar-refractivity contribution in [2.24, 2.45) is 0 Å². The predicted molar refractivity (Wildman–Crippen MR) is 71.6 cm³/mol. The second-order valence-corrected chi connectivity index (χ2v) is 6.86. The molecule has 0 radical (unpaired) electrons. The van der Waals surface area contributed by atoms with Gasteiger partial charge in [-0.25, -0.2) is 8.42 Å². The Labute approximate surface area is 106 Å². The van der Waals surface area contributed by atoms with Crippen LogP contribution in [0.25, 0.3) is 0 Å². The van der Waals surface area contributed by atoms with Crippen LogP contribution in [-0.2, 0) is 10.0 Å². The third-order valence-corrected chi connectivity index (χ3v) is 5.41. The van der Waals surface area contributed by atoms with Gasteiger partial charge in [0, 0.05) is 12.6 Å². The van der Waals surface area contributed by atoms with E-state index in [4.69, 9.17) is 0 Å². The molecule has 1 fully saturated rings. The van der Waals surface area contributed by atoms with Gasteiger partial charge in [-0.05, 0) is 39.3 Å². The first-order chi connectivity index (χ1) is 8.11. The summed E-state index contributed by atoms with van der Waals surface area (Å²) in [5.74, 6) is 0.319. The summed E-state index contributed by atoms with van der Waals surface area (Å²) < 4.78 is 26.2. The summed E-state index contributed by atoms with van der Waals surface area (Å²) in [6.07, 6.45) is 5.84. The lowest BCUT2D eigenvalue weighted by Gasteiger charge is -2.34. The highest BCUT2D eigenvalue weighted by molar-refractivity contribution is 7.89. The van der Waals surface area contributed by atoms with E-state index in [9.17, 15) is 8.42 Å². The van der Waals surface area contributed by atoms with Crippen molar-refractivity contribution < 1.29 is 8.42 Å². The van der Waals surface area contributed by atoms with Gasteiger partial charge in [0.15, 0.2) is 0 Å². The van der Waals surface area contributed by atoms with Gasteiger partial charge in [-0.2, -0.15) is 4.31 Å². The Hall–Kier alpha value is -0.130. The van der Waals surface area contributed by atoms with Crippen LogP contribution in [0.3, 0.4) is 0 Å². The molecule has 0 bridgehead atoms. The minimum Gasteiger partial charge on any atom is -0.320 e. The minimum absolute atomic E-state index is 0.220. The van der Waals surface area contributed by atoms with E-state index in [0.717, 1.165) is 51.6 Å². The molecule has 1 heterocycles. The molecule has 1 saturated heterocycles. The lowest BCUT2D eigenvalue weighted by Crippen LogP contribution is -2.45. The van der Waals surface area contributed by atoms with Crippen LogP contribution >= 0.6 is 0 Å². The number of piperidine rings is 1. The molecule has 0 aliphatic carbocycles. The summed E-state index contributed by atoms with van der Waals surface area (Å²) in [5.41, 5.74) is 0. The van der Waals surface area contributed by atoms with E-state index in [1.165, 1.54) is 0 Å². The highest BCUT2D eigenvalue weighted by Crippen LogP contribution is 2.23. The lowest BCUT2D eigenvalue weighted by molar-refractivity contribution is 0.240. The number of nitrogens with zero attached hydrogens (tertiary/aromatic N) is 1. The number of hydrogen-bond acceptors (Lipinski definition) is 3. The normalized spacial score (nSPS) is 22.8. The van der Waals surface area contributed by atoms with Crippen molar-refractivity contribution in [2.75, 3.05) is 25.9 Å². The van der Waals surface area contributed by atoms with Crippen LogP contribution in [0.4, 0.5) is 0 Å². The van der Waals surface area contributed by atoms with E-state index in [2.05, 4.69) is 5.32 Å². The van der Waals surface area contributed by atoms with Crippen LogP contribution in [0.5, 0.6) is 0 Å². The van der Waals surface area contributed by atoms with Crippen molar-refractivity contribution in [2.45, 2.75) is 51.5 Å². The standard InChI is InChI=1S/C12H26N2O2S/c1-3-4-11-17(15,16)14-10-6-5-7-12(14)8-9-13-2/h12-13H,3-11H2,1-2H3. The minimum atomic E-state index is -3.02. The fourth-order valence-corrected chi connectivity index (χ4v) is 4.34. The molecule has 17 heavy (non-hydrogen) atoms. The van der Waals surface area contributed by atoms with Crippen LogP contribution < -0.4 is 5.32 Å². The van der Waals surface area contributed by atoms with Gasteiger partial charge in [-0.1, -0.05) is 19.8 Å². The van der Waals surface area contributed by atoms with Gasteiger partial charge >= 0.3 is 0 Å². The van der Waals surface area contributed by atoms with Crippen molar-refractivity contribution in [1.82, 2.24) is 9.62 Å². The molecule has 4 nitrogen and oxygen atoms in total. The molecular weight excluding hydrogens is 236 g/mol. The predicted octanol–water partition coefficient (Wildman–Crippen LogP) is 1.58. The van der Waals surface area contributed by atoms with Crippen molar-refractivity contribution in [3.05, 3.63) is 0 Å². The molecule has 1 aliphatic heterocycles. The summed E-state index contributed by atoms with van der Waals surface area (Å²) in [5, 5.41) is 3.11. The monoisotopic (exact) mass is 262 g/mol. The highest BCUT2D eigenvalue weighted by Gasteiger charge is 2.31. The molecular formula is C12H26N2O2S. The molecule has 0 saturated carbocycles. The van der Waals surface area contributed by atoms with Gasteiger partial charge < -0.3 is 5.32 Å². The van der Waals surface area contributed by atoms with Gasteiger partial charge in [0.1, 0.15) is 0 Å². The van der Waals surface area contributed by atoms with E-state index in [0.29, 0.717) is 5.75 Å². The Morgan fingerprint density at radius 1 is 1.35 bits per heavy atom. The quantitative estimate of drug-likeness (QED) is 0.758. The topological polar surface area (TPSA) is 49.4 Å². The third kappa shape index (κ3) is 4.56. The average molecular weight is 262 g/mol. The van der Waals surface area contributed by atoms with Crippen LogP contribution in [0.1, 0.15) is 45.4 Å². The Bertz CT molecular complexity index is 304. The fraction of sp³-hybridized carbons (Fsp3) is 1.00. The van der Waals surface area contributed by atoms with Crippen molar-refractivity contribution in [1.29, 1.82) is 0 Å². The van der Waals surface area contributed by atoms with Crippen molar-refractivity contribution in [3.8, 4) is 0 Å². The smallest absolute Gasteiger partial charge is 0.214 e. The second kappa shape index (κ2) is 7.34. The highest BCUT2D eigenvalue weighted by atomic mass is 32.2. The molecule has 1 atom stereocenters. The van der Waals surface area contributed by atoms with Gasteiger partial charge in [-0.15, -0.1) is 0 Å². The van der Waals surface area contributed by atoms with Crippen molar-refractivity contribution in [3.63, 3.8) is 0 Å². The molecule has 1 aliphatic rings. The second-order valence-electron chi connectivity index (χ2n) is 4.82. The average Bonchev–Trinajstić information content (AvgIpc) is 2.34. The van der Waals surface area contributed by atoms with Crippen LogP contribution in [0.2, 0.25) is 0 Å². The number of hydrogen-bond donors (Lipinski definition) is 1. The molecule has 1 N–H and O–H groups in total. The molecule has 1 rings (SSSR count). The molecule has 102 valence electrons. The molecule has 5 heteroatoms. The summed E-state index contributed by atoms with van der Waals surface area (Å²) >= 11 is 0. The maximum atomic E-state index is 12.2. The number of rotatable bonds is 7. The third-order valence-electron chi connectivity index (χ3n) is 3.41. The summed E-state index contributed by atoms with van der Waals surface area (Å²) in [4.78, 5) is 0. The molecule has 0 amide bonds. The maximum Gasteiger partial charge on any atom is 0.214 e. The zero-order chi connectivity index (χ0) is 12.7. The van der Waals surface area contributed by atoms with E-state index >= 15 is 0 Å². The van der Waals surface area contributed by atoms with E-state index in [1.54, 1.807) is 4.31 Å². The van der Waals surface area contributed by atoms with Crippen LogP contribution in [0, 0.1) is 0 Å². The first kappa shape index (κ1) is 14.9. The number of nitrogens with one attached hydrogen (secondary N) is 1. The molecule has 0 aromatic carbocycles. The SMILES string of the molecule is CCCCS(=O)(=O)N1CCCCC1CCNC. The lowest BCUT2D eigenvalue weighted by atomic mass is 10.0. The molecule has 0 spiro atoms. The molecule has 1 unspecified atom stereocenters. The van der Waals surface area contributed by atoms with E-state index < -0.39 is 10.0 Å². The summed E-state index contributed by atoms with van der Waals surface area (Å²) in [6.45, 7) is 3.65. The first-order valence-electron chi connectivity index (χ1n) is 6.76. The molecule has 0 aromatic rings. The summed E-state index contributed by atoms with van der Waals surface area (Å²) in [6, 6.07) is 0.220.